The Kier molecular flexibility index (Phi) is 6.07. The highest BCUT2D eigenvalue weighted by Gasteiger charge is 2.10. The summed E-state index contributed by atoms with van der Waals surface area (Å²) in [6.45, 7) is 0. The topological polar surface area (TPSA) is 132 Å². The van der Waals surface area contributed by atoms with Crippen LogP contribution in [0.2, 0.25) is 0 Å². The van der Waals surface area contributed by atoms with Crippen molar-refractivity contribution in [3.05, 3.63) is 48.5 Å². The van der Waals surface area contributed by atoms with Gasteiger partial charge < -0.3 is 11.5 Å². The van der Waals surface area contributed by atoms with E-state index < -0.39 is 20.2 Å². The van der Waals surface area contributed by atoms with E-state index in [9.17, 15) is 20.7 Å². The van der Waals surface area contributed by atoms with Crippen molar-refractivity contribution < 1.29 is 20.7 Å². The number of halogens is 1. The summed E-state index contributed by atoms with van der Waals surface area (Å²) in [4.78, 5) is -0.147. The Labute approximate surface area is 134 Å². The van der Waals surface area contributed by atoms with E-state index in [1.807, 2.05) is 0 Å². The van der Waals surface area contributed by atoms with Crippen molar-refractivity contribution in [2.45, 2.75) is 9.79 Å². The van der Waals surface area contributed by atoms with Crippen LogP contribution in [0.3, 0.4) is 0 Å². The first-order chi connectivity index (χ1) is 10.6. The van der Waals surface area contributed by atoms with Crippen LogP contribution in [0.25, 0.3) is 0 Å². The largest absolute Gasteiger partial charge is 0.399 e. The highest BCUT2D eigenvalue weighted by Crippen LogP contribution is 2.13. The van der Waals surface area contributed by atoms with Gasteiger partial charge >= 0.3 is 10.2 Å². The van der Waals surface area contributed by atoms with Crippen LogP contribution in [0.5, 0.6) is 0 Å². The fourth-order valence-electron chi connectivity index (χ4n) is 1.40. The van der Waals surface area contributed by atoms with Crippen LogP contribution < -0.4 is 16.2 Å². The monoisotopic (exact) mass is 361 g/mol. The van der Waals surface area contributed by atoms with E-state index in [2.05, 4.69) is 4.72 Å². The maximum Gasteiger partial charge on any atom is 0.332 e. The maximum absolute atomic E-state index is 12.2. The van der Waals surface area contributed by atoms with Gasteiger partial charge in [0.15, 0.2) is 0 Å². The van der Waals surface area contributed by atoms with Gasteiger partial charge in [-0.1, -0.05) is 0 Å². The van der Waals surface area contributed by atoms with Crippen molar-refractivity contribution in [3.63, 3.8) is 0 Å². The Morgan fingerprint density at radius 3 is 1.43 bits per heavy atom. The fraction of sp³-hybridized carbons (Fsp3) is 0.0769. The maximum atomic E-state index is 12.2. The molecule has 0 atom stereocenters. The predicted octanol–water partition coefficient (Wildman–Crippen LogP) is 1.10. The van der Waals surface area contributed by atoms with Crippen LogP contribution in [0.4, 0.5) is 15.3 Å². The Hall–Kier alpha value is -2.17. The molecule has 0 saturated heterocycles. The number of sulfonamides is 1. The first-order valence-electron chi connectivity index (χ1n) is 6.15. The molecule has 10 heteroatoms. The lowest BCUT2D eigenvalue weighted by Gasteiger charge is -2.01. The van der Waals surface area contributed by atoms with Crippen molar-refractivity contribution >= 4 is 31.6 Å². The molecule has 0 amide bonds. The molecule has 0 aliphatic heterocycles. The van der Waals surface area contributed by atoms with E-state index in [0.29, 0.717) is 11.4 Å². The van der Waals surface area contributed by atoms with Crippen molar-refractivity contribution in [2.24, 2.45) is 0 Å². The SMILES string of the molecule is CNS(=O)(=O)c1ccc(N)cc1.Nc1ccc(S(=O)(=O)F)cc1. The lowest BCUT2D eigenvalue weighted by Crippen LogP contribution is -2.18. The molecule has 0 bridgehead atoms. The zero-order valence-corrected chi connectivity index (χ0v) is 13.7. The molecule has 126 valence electrons. The second-order valence-electron chi connectivity index (χ2n) is 4.28. The molecule has 0 heterocycles. The summed E-state index contributed by atoms with van der Waals surface area (Å²) < 4.78 is 57.2. The number of hydrogen-bond donors (Lipinski definition) is 3. The zero-order chi connectivity index (χ0) is 17.7. The van der Waals surface area contributed by atoms with Gasteiger partial charge in [0.25, 0.3) is 0 Å². The van der Waals surface area contributed by atoms with Crippen LogP contribution in [-0.4, -0.2) is 23.9 Å². The lowest BCUT2D eigenvalue weighted by atomic mass is 10.3. The molecule has 0 aliphatic rings. The number of benzene rings is 2. The predicted molar refractivity (Wildman–Crippen MR) is 86.2 cm³/mol. The molecule has 2 aromatic carbocycles. The van der Waals surface area contributed by atoms with Crippen LogP contribution in [0, 0.1) is 0 Å². The molecule has 2 aromatic rings. The van der Waals surface area contributed by atoms with E-state index >= 15 is 0 Å². The van der Waals surface area contributed by atoms with E-state index in [4.69, 9.17) is 11.5 Å². The highest BCUT2D eigenvalue weighted by atomic mass is 32.3. The summed E-state index contributed by atoms with van der Waals surface area (Å²) in [5.74, 6) is 0. The van der Waals surface area contributed by atoms with Crippen LogP contribution >= 0.6 is 0 Å². The number of hydrogen-bond acceptors (Lipinski definition) is 6. The summed E-state index contributed by atoms with van der Waals surface area (Å²) in [6.07, 6.45) is 0. The van der Waals surface area contributed by atoms with Gasteiger partial charge in [-0.2, -0.15) is 8.42 Å². The van der Waals surface area contributed by atoms with Gasteiger partial charge in [-0.05, 0) is 55.6 Å². The van der Waals surface area contributed by atoms with Crippen molar-refractivity contribution in [2.75, 3.05) is 18.5 Å². The Morgan fingerprint density at radius 2 is 1.13 bits per heavy atom. The summed E-state index contributed by atoms with van der Waals surface area (Å²) in [5.41, 5.74) is 11.6. The summed E-state index contributed by atoms with van der Waals surface area (Å²) in [5, 5.41) is 0. The quantitative estimate of drug-likeness (QED) is 0.554. The summed E-state index contributed by atoms with van der Waals surface area (Å²) in [6, 6.07) is 10.9. The molecule has 0 aliphatic carbocycles. The molecule has 0 unspecified atom stereocenters. The Bertz CT molecular complexity index is 849. The van der Waals surface area contributed by atoms with Crippen molar-refractivity contribution in [3.8, 4) is 0 Å². The van der Waals surface area contributed by atoms with Gasteiger partial charge in [0.1, 0.15) is 0 Å². The third-order valence-electron chi connectivity index (χ3n) is 2.62. The second-order valence-corrected chi connectivity index (χ2v) is 7.52. The second kappa shape index (κ2) is 7.40. The number of nitrogen functional groups attached to an aromatic ring is 2. The molecule has 0 fully saturated rings. The van der Waals surface area contributed by atoms with Gasteiger partial charge in [0.2, 0.25) is 10.0 Å². The first kappa shape index (κ1) is 18.9. The molecule has 5 N–H and O–H groups in total. The molecule has 23 heavy (non-hydrogen) atoms. The minimum Gasteiger partial charge on any atom is -0.399 e. The number of anilines is 2. The molecule has 2 rings (SSSR count). The Balaban J connectivity index is 0.000000231. The van der Waals surface area contributed by atoms with Crippen LogP contribution in [0.15, 0.2) is 58.3 Å². The molecule has 0 radical (unpaired) electrons. The van der Waals surface area contributed by atoms with Crippen molar-refractivity contribution in [1.29, 1.82) is 0 Å². The molecule has 0 saturated carbocycles. The normalized spacial score (nSPS) is 11.4. The average molecular weight is 361 g/mol. The van der Waals surface area contributed by atoms with Crippen LogP contribution in [-0.2, 0) is 20.2 Å². The van der Waals surface area contributed by atoms with Gasteiger partial charge in [-0.25, -0.2) is 13.1 Å². The number of nitrogens with two attached hydrogens (primary N) is 2. The van der Waals surface area contributed by atoms with E-state index in [1.54, 1.807) is 12.1 Å². The van der Waals surface area contributed by atoms with Gasteiger partial charge in [-0.3, -0.25) is 0 Å². The summed E-state index contributed by atoms with van der Waals surface area (Å²) in [7, 11) is -6.53. The van der Waals surface area contributed by atoms with Gasteiger partial charge in [0.05, 0.1) is 9.79 Å². The standard InChI is InChI=1S/C7H10N2O2S.C6H6FNO2S/c1-9-12(10,11)7-4-2-6(8)3-5-7;7-11(9,10)6-3-1-5(8)2-4-6/h2-5,9H,8H2,1H3;1-4H,8H2. The number of nitrogens with one attached hydrogen (secondary N) is 1. The van der Waals surface area contributed by atoms with Crippen LogP contribution in [0.1, 0.15) is 0 Å². The molecule has 0 aromatic heterocycles. The molecular formula is C13H16FN3O4S2. The van der Waals surface area contributed by atoms with Crippen molar-refractivity contribution in [1.82, 2.24) is 4.72 Å². The van der Waals surface area contributed by atoms with E-state index in [1.165, 1.54) is 31.3 Å². The van der Waals surface area contributed by atoms with Gasteiger partial charge in [0, 0.05) is 11.4 Å². The average Bonchev–Trinajstić information content (AvgIpc) is 2.48. The molecular weight excluding hydrogens is 345 g/mol. The zero-order valence-electron chi connectivity index (χ0n) is 12.1. The number of rotatable bonds is 3. The van der Waals surface area contributed by atoms with E-state index in [0.717, 1.165) is 12.1 Å². The third kappa shape index (κ3) is 5.85. The Morgan fingerprint density at radius 1 is 0.783 bits per heavy atom. The lowest BCUT2D eigenvalue weighted by molar-refractivity contribution is 0.552. The minimum absolute atomic E-state index is 0.221. The smallest absolute Gasteiger partial charge is 0.332 e. The first-order valence-corrected chi connectivity index (χ1v) is 9.02. The molecule has 0 spiro atoms. The molecule has 7 nitrogen and oxygen atoms in total. The minimum atomic E-state index is -4.58. The third-order valence-corrected chi connectivity index (χ3v) is 4.89. The fourth-order valence-corrected chi connectivity index (χ4v) is 2.59. The van der Waals surface area contributed by atoms with Gasteiger partial charge in [-0.15, -0.1) is 3.89 Å². The highest BCUT2D eigenvalue weighted by molar-refractivity contribution is 7.89. The van der Waals surface area contributed by atoms with E-state index in [-0.39, 0.29) is 9.79 Å². The summed E-state index contributed by atoms with van der Waals surface area (Å²) >= 11 is 0.